The molecule has 0 N–H and O–H groups in total. The van der Waals surface area contributed by atoms with E-state index < -0.39 is 11.7 Å². The molecule has 0 aliphatic heterocycles. The minimum Gasteiger partial charge on any atom is -0.379 e. The molecule has 0 saturated heterocycles. The van der Waals surface area contributed by atoms with Crippen molar-refractivity contribution in [3.63, 3.8) is 0 Å². The molecule has 1 aromatic carbocycles. The van der Waals surface area contributed by atoms with Crippen molar-refractivity contribution in [3.05, 3.63) is 35.4 Å². The highest BCUT2D eigenvalue weighted by Crippen LogP contribution is 2.32. The number of hydrogen-bond donors (Lipinski definition) is 0. The highest BCUT2D eigenvalue weighted by Gasteiger charge is 2.31. The van der Waals surface area contributed by atoms with Crippen molar-refractivity contribution in [1.82, 2.24) is 0 Å². The molecular weight excluding hydrogens is 349 g/mol. The molecule has 4 heteroatoms. The highest BCUT2D eigenvalue weighted by molar-refractivity contribution is 5.25. The molecule has 156 valence electrons. The maximum absolute atomic E-state index is 12.9. The molecule has 0 spiro atoms. The Hall–Kier alpha value is -1.03. The quantitative estimate of drug-likeness (QED) is 0.314. The first-order chi connectivity index (χ1) is 12.7. The van der Waals surface area contributed by atoms with Gasteiger partial charge in [0.15, 0.2) is 0 Å². The number of unbranched alkanes of at least 4 members (excludes halogenated alkanes) is 5. The smallest absolute Gasteiger partial charge is 0.379 e. The van der Waals surface area contributed by atoms with Gasteiger partial charge in [-0.3, -0.25) is 0 Å². The molecule has 0 aliphatic carbocycles. The summed E-state index contributed by atoms with van der Waals surface area (Å²) in [7, 11) is 1.75. The second-order valence-electron chi connectivity index (χ2n) is 8.15. The number of alkyl halides is 3. The molecule has 1 unspecified atom stereocenters. The summed E-state index contributed by atoms with van der Waals surface area (Å²) in [5, 5.41) is 0. The van der Waals surface area contributed by atoms with Gasteiger partial charge in [-0.25, -0.2) is 0 Å². The van der Waals surface area contributed by atoms with Gasteiger partial charge in [0.1, 0.15) is 0 Å². The van der Waals surface area contributed by atoms with Crippen LogP contribution in [0.3, 0.4) is 0 Å². The maximum atomic E-state index is 12.9. The second kappa shape index (κ2) is 11.7. The van der Waals surface area contributed by atoms with E-state index in [0.29, 0.717) is 12.3 Å². The summed E-state index contributed by atoms with van der Waals surface area (Å²) in [6.45, 7) is 6.47. The standard InChI is InChI=1S/C23H37F3O/c1-5-6-7-8-9-10-15-20(22(2,3)27-4)16-11-13-19-14-12-17-21(18-19)23(24,25)26/h12,14,17-18,20H,5-11,13,15-16H2,1-4H3. The molecule has 1 atom stereocenters. The van der Waals surface area contributed by atoms with E-state index in [1.807, 2.05) is 0 Å². The molecule has 1 aromatic rings. The van der Waals surface area contributed by atoms with Crippen molar-refractivity contribution >= 4 is 0 Å². The van der Waals surface area contributed by atoms with Crippen LogP contribution in [0.4, 0.5) is 13.2 Å². The van der Waals surface area contributed by atoms with Crippen LogP contribution < -0.4 is 0 Å². The van der Waals surface area contributed by atoms with E-state index in [4.69, 9.17) is 4.74 Å². The van der Waals surface area contributed by atoms with E-state index in [0.717, 1.165) is 30.9 Å². The monoisotopic (exact) mass is 386 g/mol. The van der Waals surface area contributed by atoms with Crippen molar-refractivity contribution in [2.75, 3.05) is 7.11 Å². The average molecular weight is 387 g/mol. The maximum Gasteiger partial charge on any atom is 0.416 e. The SMILES string of the molecule is CCCCCCCCC(CCCc1cccc(C(F)(F)F)c1)C(C)(C)OC. The van der Waals surface area contributed by atoms with E-state index in [1.165, 1.54) is 50.7 Å². The Morgan fingerprint density at radius 2 is 1.56 bits per heavy atom. The first kappa shape index (κ1) is 24.0. The fraction of sp³-hybridized carbons (Fsp3) is 0.739. The first-order valence-electron chi connectivity index (χ1n) is 10.4. The van der Waals surface area contributed by atoms with Crippen LogP contribution in [0.15, 0.2) is 24.3 Å². The number of aryl methyl sites for hydroxylation is 1. The van der Waals surface area contributed by atoms with E-state index in [1.54, 1.807) is 13.2 Å². The zero-order valence-corrected chi connectivity index (χ0v) is 17.5. The molecule has 1 nitrogen and oxygen atoms in total. The van der Waals surface area contributed by atoms with Crippen molar-refractivity contribution in [1.29, 1.82) is 0 Å². The van der Waals surface area contributed by atoms with Crippen molar-refractivity contribution in [2.24, 2.45) is 5.92 Å². The third-order valence-corrected chi connectivity index (χ3v) is 5.69. The number of hydrogen-bond acceptors (Lipinski definition) is 1. The Kier molecular flexibility index (Phi) is 10.4. The fourth-order valence-electron chi connectivity index (χ4n) is 3.63. The summed E-state index contributed by atoms with van der Waals surface area (Å²) < 4.78 is 44.3. The Balaban J connectivity index is 2.52. The first-order valence-corrected chi connectivity index (χ1v) is 10.4. The van der Waals surface area contributed by atoms with Gasteiger partial charge in [0.2, 0.25) is 0 Å². The predicted molar refractivity (Wildman–Crippen MR) is 107 cm³/mol. The lowest BCUT2D eigenvalue weighted by Crippen LogP contribution is -2.33. The molecule has 0 fully saturated rings. The number of halogens is 3. The van der Waals surface area contributed by atoms with Crippen molar-refractivity contribution in [2.45, 2.75) is 96.8 Å². The fourth-order valence-corrected chi connectivity index (χ4v) is 3.63. The summed E-state index contributed by atoms with van der Waals surface area (Å²) in [5.74, 6) is 0.430. The third kappa shape index (κ3) is 9.14. The minimum absolute atomic E-state index is 0.197. The summed E-state index contributed by atoms with van der Waals surface area (Å²) in [5.41, 5.74) is 0.0104. The summed E-state index contributed by atoms with van der Waals surface area (Å²) in [6, 6.07) is 5.72. The van der Waals surface area contributed by atoms with E-state index in [-0.39, 0.29) is 5.60 Å². The lowest BCUT2D eigenvalue weighted by Gasteiger charge is -2.33. The normalized spacial score (nSPS) is 13.7. The molecule has 0 amide bonds. The molecule has 0 heterocycles. The zero-order chi connectivity index (χ0) is 20.3. The number of ether oxygens (including phenoxy) is 1. The van der Waals surface area contributed by atoms with Crippen LogP contribution in [0.1, 0.15) is 89.7 Å². The Morgan fingerprint density at radius 1 is 0.926 bits per heavy atom. The van der Waals surface area contributed by atoms with Crippen LogP contribution in [-0.4, -0.2) is 12.7 Å². The van der Waals surface area contributed by atoms with Crippen LogP contribution in [0.5, 0.6) is 0 Å². The summed E-state index contributed by atoms with van der Waals surface area (Å²) in [6.07, 6.45) is 7.01. The zero-order valence-electron chi connectivity index (χ0n) is 17.5. The van der Waals surface area contributed by atoms with E-state index in [9.17, 15) is 13.2 Å². The van der Waals surface area contributed by atoms with Gasteiger partial charge >= 0.3 is 6.18 Å². The van der Waals surface area contributed by atoms with Gasteiger partial charge in [-0.1, -0.05) is 63.6 Å². The molecule has 0 aromatic heterocycles. The number of benzene rings is 1. The summed E-state index contributed by atoms with van der Waals surface area (Å²) >= 11 is 0. The molecule has 0 radical (unpaired) electrons. The van der Waals surface area contributed by atoms with Gasteiger partial charge in [0.05, 0.1) is 11.2 Å². The van der Waals surface area contributed by atoms with Crippen molar-refractivity contribution < 1.29 is 17.9 Å². The van der Waals surface area contributed by atoms with Crippen LogP contribution >= 0.6 is 0 Å². The van der Waals surface area contributed by atoms with Crippen LogP contribution in [-0.2, 0) is 17.3 Å². The summed E-state index contributed by atoms with van der Waals surface area (Å²) in [4.78, 5) is 0. The number of rotatable bonds is 13. The topological polar surface area (TPSA) is 9.23 Å². The van der Waals surface area contributed by atoms with Crippen LogP contribution in [0.2, 0.25) is 0 Å². The third-order valence-electron chi connectivity index (χ3n) is 5.69. The average Bonchev–Trinajstić information content (AvgIpc) is 2.62. The lowest BCUT2D eigenvalue weighted by molar-refractivity contribution is -0.137. The van der Waals surface area contributed by atoms with Crippen LogP contribution in [0.25, 0.3) is 0 Å². The molecule has 0 aliphatic rings. The van der Waals surface area contributed by atoms with E-state index >= 15 is 0 Å². The van der Waals surface area contributed by atoms with Gasteiger partial charge in [-0.2, -0.15) is 13.2 Å². The lowest BCUT2D eigenvalue weighted by atomic mass is 9.82. The molecule has 1 rings (SSSR count). The predicted octanol–water partition coefficient (Wildman–Crippen LogP) is 7.82. The largest absolute Gasteiger partial charge is 0.416 e. The Labute approximate surface area is 163 Å². The Morgan fingerprint density at radius 3 is 2.19 bits per heavy atom. The molecule has 27 heavy (non-hydrogen) atoms. The van der Waals surface area contributed by atoms with Crippen LogP contribution in [0, 0.1) is 5.92 Å². The Bertz CT molecular complexity index is 523. The highest BCUT2D eigenvalue weighted by atomic mass is 19.4. The van der Waals surface area contributed by atoms with Crippen molar-refractivity contribution in [3.8, 4) is 0 Å². The van der Waals surface area contributed by atoms with Gasteiger partial charge < -0.3 is 4.74 Å². The van der Waals surface area contributed by atoms with Gasteiger partial charge in [-0.05, 0) is 57.1 Å². The van der Waals surface area contributed by atoms with E-state index in [2.05, 4.69) is 20.8 Å². The van der Waals surface area contributed by atoms with Gasteiger partial charge in [0.25, 0.3) is 0 Å². The van der Waals surface area contributed by atoms with Gasteiger partial charge in [0, 0.05) is 7.11 Å². The molecular formula is C23H37F3O. The number of methoxy groups -OCH3 is 1. The second-order valence-corrected chi connectivity index (χ2v) is 8.15. The molecule has 0 saturated carbocycles. The van der Waals surface area contributed by atoms with Gasteiger partial charge in [-0.15, -0.1) is 0 Å². The minimum atomic E-state index is -4.27. The molecule has 0 bridgehead atoms.